The Morgan fingerprint density at radius 1 is 0.947 bits per heavy atom. The Hall–Kier alpha value is -4.17. The number of hydrogen-bond donors (Lipinski definition) is 2. The summed E-state index contributed by atoms with van der Waals surface area (Å²) in [4.78, 5) is 15.5. The molecule has 192 valence electrons. The third-order valence-electron chi connectivity index (χ3n) is 5.95. The molecule has 0 spiro atoms. The Kier molecular flexibility index (Phi) is 7.70. The van der Waals surface area contributed by atoms with Crippen molar-refractivity contribution in [3.63, 3.8) is 0 Å². The summed E-state index contributed by atoms with van der Waals surface area (Å²) < 4.78 is 19.2. The first-order valence-electron chi connectivity index (χ1n) is 12.3. The molecule has 5 rings (SSSR count). The Bertz CT molecular complexity index is 1540. The van der Waals surface area contributed by atoms with Crippen molar-refractivity contribution in [3.8, 4) is 11.5 Å². The van der Waals surface area contributed by atoms with Crippen molar-refractivity contribution in [2.24, 2.45) is 0 Å². The molecule has 0 unspecified atom stereocenters. The second-order valence-electron chi connectivity index (χ2n) is 9.09. The molecule has 2 N–H and O–H groups in total. The van der Waals surface area contributed by atoms with Crippen LogP contribution in [0.25, 0.3) is 11.0 Å². The molecule has 0 saturated carbocycles. The lowest BCUT2D eigenvalue weighted by molar-refractivity contribution is 0.322. The summed E-state index contributed by atoms with van der Waals surface area (Å²) in [5.41, 5.74) is 3.43. The summed E-state index contributed by atoms with van der Waals surface area (Å²) in [5, 5.41) is 14.0. The first-order chi connectivity index (χ1) is 18.4. The summed E-state index contributed by atoms with van der Waals surface area (Å²) in [7, 11) is 0. The number of nitrogens with zero attached hydrogens (tertiary/aromatic N) is 3. The zero-order valence-electron chi connectivity index (χ0n) is 21.1. The lowest BCUT2D eigenvalue weighted by atomic mass is 10.1. The Labute approximate surface area is 225 Å². The highest BCUT2D eigenvalue weighted by Crippen LogP contribution is 2.38. The van der Waals surface area contributed by atoms with E-state index >= 15 is 0 Å². The average Bonchev–Trinajstić information content (AvgIpc) is 2.92. The normalized spacial score (nSPS) is 11.2. The van der Waals surface area contributed by atoms with E-state index in [1.807, 2.05) is 42.5 Å². The molecule has 5 aromatic rings. The molecule has 0 aliphatic rings. The van der Waals surface area contributed by atoms with Gasteiger partial charge in [-0.05, 0) is 72.1 Å². The smallest absolute Gasteiger partial charge is 0.164 e. The Morgan fingerprint density at radius 3 is 2.50 bits per heavy atom. The average molecular weight is 527 g/mol. The molecule has 0 saturated heterocycles. The number of hydrogen-bond acceptors (Lipinski definition) is 7. The van der Waals surface area contributed by atoms with Crippen LogP contribution < -0.4 is 10.1 Å². The van der Waals surface area contributed by atoms with Crippen molar-refractivity contribution in [1.29, 1.82) is 0 Å². The molecule has 0 radical (unpaired) electrons. The molecule has 8 heteroatoms. The van der Waals surface area contributed by atoms with Crippen molar-refractivity contribution < 1.29 is 14.2 Å². The fraction of sp³-hybridized carbons (Fsp3) is 0.167. The summed E-state index contributed by atoms with van der Waals surface area (Å²) >= 11 is 1.56. The largest absolute Gasteiger partial charge is 0.508 e. The fourth-order valence-corrected chi connectivity index (χ4v) is 4.75. The first kappa shape index (κ1) is 25.5. The van der Waals surface area contributed by atoms with Crippen molar-refractivity contribution in [2.75, 3.05) is 11.9 Å². The number of ether oxygens (including phenoxy) is 1. The molecule has 38 heavy (non-hydrogen) atoms. The molecule has 2 heterocycles. The van der Waals surface area contributed by atoms with Gasteiger partial charge in [-0.15, -0.1) is 0 Å². The molecular formula is C30H27FN4O2S. The van der Waals surface area contributed by atoms with Gasteiger partial charge in [0.05, 0.1) is 17.7 Å². The van der Waals surface area contributed by atoms with Gasteiger partial charge in [-0.1, -0.05) is 37.7 Å². The maximum absolute atomic E-state index is 13.2. The number of aromatic hydroxyl groups is 1. The highest BCUT2D eigenvalue weighted by Gasteiger charge is 2.13. The van der Waals surface area contributed by atoms with Crippen LogP contribution in [0.3, 0.4) is 0 Å². The number of aromatic nitrogens is 3. The van der Waals surface area contributed by atoms with Crippen LogP contribution in [0.4, 0.5) is 15.9 Å². The standard InChI is InChI=1S/C30H27FN4O2S/c1-19(2)26-13-12-25-29(34-26)32-18-33-30(25)35-27-17-23(37-16-15-20-3-5-21(31)6-4-20)9-14-28(27)38-24-10-7-22(36)8-11-24/h3-14,17-19,36H,15-16H2,1-2H3,(H,32,33,34,35). The van der Waals surface area contributed by atoms with Gasteiger partial charge >= 0.3 is 0 Å². The summed E-state index contributed by atoms with van der Waals surface area (Å²) in [6, 6.07) is 23.4. The number of nitrogens with one attached hydrogen (secondary N) is 1. The Balaban J connectivity index is 1.42. The second-order valence-corrected chi connectivity index (χ2v) is 10.2. The van der Waals surface area contributed by atoms with E-state index in [0.29, 0.717) is 36.2 Å². The van der Waals surface area contributed by atoms with E-state index in [4.69, 9.17) is 9.72 Å². The number of phenols is 1. The number of rotatable bonds is 9. The monoisotopic (exact) mass is 526 g/mol. The first-order valence-corrected chi connectivity index (χ1v) is 13.1. The molecule has 0 fully saturated rings. The minimum atomic E-state index is -0.250. The van der Waals surface area contributed by atoms with Crippen LogP contribution in [0.15, 0.2) is 95.0 Å². The molecule has 0 bridgehead atoms. The molecule has 0 amide bonds. The number of benzene rings is 3. The number of halogens is 1. The van der Waals surface area contributed by atoms with Crippen LogP contribution in [0.5, 0.6) is 11.5 Å². The summed E-state index contributed by atoms with van der Waals surface area (Å²) in [5.74, 6) is 1.61. The second kappa shape index (κ2) is 11.5. The van der Waals surface area contributed by atoms with Gasteiger partial charge in [0.25, 0.3) is 0 Å². The molecule has 0 aliphatic heterocycles. The fourth-order valence-electron chi connectivity index (χ4n) is 3.87. The molecule has 0 aliphatic carbocycles. The van der Waals surface area contributed by atoms with E-state index in [-0.39, 0.29) is 11.6 Å². The minimum Gasteiger partial charge on any atom is -0.508 e. The van der Waals surface area contributed by atoms with Gasteiger partial charge in [-0.3, -0.25) is 0 Å². The van der Waals surface area contributed by atoms with Crippen molar-refractivity contribution in [2.45, 2.75) is 36.0 Å². The van der Waals surface area contributed by atoms with Gasteiger partial charge in [0, 0.05) is 28.0 Å². The van der Waals surface area contributed by atoms with Gasteiger partial charge in [0.2, 0.25) is 0 Å². The zero-order valence-corrected chi connectivity index (χ0v) is 21.9. The molecule has 0 atom stereocenters. The maximum Gasteiger partial charge on any atom is 0.164 e. The van der Waals surface area contributed by atoms with Crippen molar-refractivity contribution >= 4 is 34.3 Å². The quantitative estimate of drug-likeness (QED) is 0.206. The predicted octanol–water partition coefficient (Wildman–Crippen LogP) is 7.51. The Morgan fingerprint density at radius 2 is 1.74 bits per heavy atom. The lowest BCUT2D eigenvalue weighted by Gasteiger charge is -2.15. The highest BCUT2D eigenvalue weighted by atomic mass is 32.2. The van der Waals surface area contributed by atoms with E-state index in [0.717, 1.165) is 32.1 Å². The molecule has 2 aromatic heterocycles. The van der Waals surface area contributed by atoms with Gasteiger partial charge in [-0.25, -0.2) is 19.3 Å². The van der Waals surface area contributed by atoms with E-state index in [9.17, 15) is 9.50 Å². The van der Waals surface area contributed by atoms with E-state index < -0.39 is 0 Å². The third-order valence-corrected chi connectivity index (χ3v) is 7.04. The van der Waals surface area contributed by atoms with E-state index in [2.05, 4.69) is 29.1 Å². The van der Waals surface area contributed by atoms with Gasteiger partial charge < -0.3 is 15.2 Å². The molecule has 6 nitrogen and oxygen atoms in total. The predicted molar refractivity (Wildman–Crippen MR) is 149 cm³/mol. The van der Waals surface area contributed by atoms with Gasteiger partial charge in [-0.2, -0.15) is 0 Å². The van der Waals surface area contributed by atoms with Crippen LogP contribution in [0.2, 0.25) is 0 Å². The van der Waals surface area contributed by atoms with Crippen LogP contribution in [-0.2, 0) is 6.42 Å². The lowest BCUT2D eigenvalue weighted by Crippen LogP contribution is -2.03. The van der Waals surface area contributed by atoms with Crippen LogP contribution in [0, 0.1) is 5.82 Å². The number of phenolic OH excluding ortho intramolecular Hbond substituents is 1. The SMILES string of the molecule is CC(C)c1ccc2c(Nc3cc(OCCc4ccc(F)cc4)ccc3Sc3ccc(O)cc3)ncnc2n1. The van der Waals surface area contributed by atoms with Crippen LogP contribution >= 0.6 is 11.8 Å². The zero-order chi connectivity index (χ0) is 26.5. The molecule has 3 aromatic carbocycles. The van der Waals surface area contributed by atoms with Crippen molar-refractivity contribution in [3.05, 3.63) is 102 Å². The van der Waals surface area contributed by atoms with Crippen molar-refractivity contribution in [1.82, 2.24) is 15.0 Å². The topological polar surface area (TPSA) is 80.2 Å². The minimum absolute atomic E-state index is 0.221. The number of pyridine rings is 1. The highest BCUT2D eigenvalue weighted by molar-refractivity contribution is 7.99. The summed E-state index contributed by atoms with van der Waals surface area (Å²) in [6.45, 7) is 4.65. The van der Waals surface area contributed by atoms with Crippen LogP contribution in [0.1, 0.15) is 31.0 Å². The number of fused-ring (bicyclic) bond motifs is 1. The summed E-state index contributed by atoms with van der Waals surface area (Å²) in [6.07, 6.45) is 2.17. The molecular weight excluding hydrogens is 499 g/mol. The van der Waals surface area contributed by atoms with E-state index in [1.165, 1.54) is 18.5 Å². The maximum atomic E-state index is 13.2. The van der Waals surface area contributed by atoms with Crippen LogP contribution in [-0.4, -0.2) is 26.7 Å². The van der Waals surface area contributed by atoms with Gasteiger partial charge in [0.1, 0.15) is 29.5 Å². The van der Waals surface area contributed by atoms with Gasteiger partial charge in [0.15, 0.2) is 5.65 Å². The van der Waals surface area contributed by atoms with E-state index in [1.54, 1.807) is 36.0 Å². The third kappa shape index (κ3) is 6.20. The number of anilines is 2.